The van der Waals surface area contributed by atoms with Gasteiger partial charge < -0.3 is 15.0 Å². The molecule has 11 heteroatoms. The van der Waals surface area contributed by atoms with E-state index in [-0.39, 0.29) is 29.4 Å². The zero-order valence-corrected chi connectivity index (χ0v) is 23.6. The van der Waals surface area contributed by atoms with Gasteiger partial charge in [-0.25, -0.2) is 8.42 Å². The number of ether oxygens (including phenoxy) is 1. The highest BCUT2D eigenvalue weighted by atomic mass is 35.5. The van der Waals surface area contributed by atoms with Crippen LogP contribution >= 0.6 is 23.2 Å². The number of anilines is 1. The lowest BCUT2D eigenvalue weighted by molar-refractivity contribution is -0.139. The van der Waals surface area contributed by atoms with E-state index in [1.54, 1.807) is 30.3 Å². The average molecular weight is 579 g/mol. The Kier molecular flexibility index (Phi) is 10.0. The van der Waals surface area contributed by atoms with Crippen LogP contribution in [0.2, 0.25) is 10.0 Å². The number of methoxy groups -OCH3 is 1. The molecule has 3 aromatic rings. The summed E-state index contributed by atoms with van der Waals surface area (Å²) < 4.78 is 32.0. The number of benzene rings is 3. The van der Waals surface area contributed by atoms with Crippen LogP contribution in [0, 0.1) is 0 Å². The number of carbonyl (C=O) groups excluding carboxylic acids is 2. The number of halogens is 2. The maximum Gasteiger partial charge on any atom is 0.244 e. The molecule has 0 fully saturated rings. The molecule has 0 aliphatic carbocycles. The largest absolute Gasteiger partial charge is 0.495 e. The Balaban J connectivity index is 2.07. The Morgan fingerprint density at radius 2 is 1.61 bits per heavy atom. The fourth-order valence-corrected chi connectivity index (χ4v) is 5.23. The van der Waals surface area contributed by atoms with Crippen LogP contribution in [0.3, 0.4) is 0 Å². The highest BCUT2D eigenvalue weighted by Gasteiger charge is 2.33. The molecule has 1 atom stereocenters. The van der Waals surface area contributed by atoms with Crippen LogP contribution in [0.25, 0.3) is 0 Å². The fraction of sp³-hybridized carbons (Fsp3) is 0.259. The van der Waals surface area contributed by atoms with E-state index in [2.05, 4.69) is 5.32 Å². The minimum atomic E-state index is -3.96. The molecule has 38 heavy (non-hydrogen) atoms. The van der Waals surface area contributed by atoms with E-state index in [4.69, 9.17) is 27.9 Å². The third-order valence-corrected chi connectivity index (χ3v) is 7.44. The van der Waals surface area contributed by atoms with Crippen molar-refractivity contribution in [3.05, 3.63) is 94.0 Å². The second-order valence-electron chi connectivity index (χ2n) is 8.56. The van der Waals surface area contributed by atoms with Crippen LogP contribution in [0.1, 0.15) is 11.1 Å². The first kappa shape index (κ1) is 29.3. The van der Waals surface area contributed by atoms with Crippen molar-refractivity contribution in [2.24, 2.45) is 0 Å². The maximum atomic E-state index is 13.9. The number of hydrogen-bond donors (Lipinski definition) is 1. The first-order chi connectivity index (χ1) is 18.0. The molecule has 1 unspecified atom stereocenters. The third kappa shape index (κ3) is 7.63. The van der Waals surface area contributed by atoms with E-state index in [9.17, 15) is 18.0 Å². The molecule has 0 aliphatic heterocycles. The Morgan fingerprint density at radius 1 is 0.947 bits per heavy atom. The number of nitrogens with one attached hydrogen (secondary N) is 1. The topological polar surface area (TPSA) is 96.0 Å². The summed E-state index contributed by atoms with van der Waals surface area (Å²) in [6.45, 7) is -0.563. The van der Waals surface area contributed by atoms with Crippen LogP contribution in [-0.4, -0.2) is 58.1 Å². The summed E-state index contributed by atoms with van der Waals surface area (Å²) in [6, 6.07) is 19.7. The van der Waals surface area contributed by atoms with Crippen LogP contribution in [0.4, 0.5) is 5.69 Å². The van der Waals surface area contributed by atoms with Crippen LogP contribution in [0.15, 0.2) is 72.8 Å². The maximum absolute atomic E-state index is 13.9. The van der Waals surface area contributed by atoms with Crippen molar-refractivity contribution < 1.29 is 22.7 Å². The average Bonchev–Trinajstić information content (AvgIpc) is 2.88. The molecule has 0 aromatic heterocycles. The SMILES string of the molecule is CNC(=O)C(Cc1ccccc1)N(Cc1cccc(Cl)c1)C(=O)CN(c1cc(Cl)ccc1OC)S(C)(=O)=O. The Morgan fingerprint density at radius 3 is 2.21 bits per heavy atom. The highest BCUT2D eigenvalue weighted by Crippen LogP contribution is 2.33. The number of nitrogens with zero attached hydrogens (tertiary/aromatic N) is 2. The second-order valence-corrected chi connectivity index (χ2v) is 11.3. The predicted molar refractivity (Wildman–Crippen MR) is 150 cm³/mol. The Hall–Kier alpha value is -3.27. The van der Waals surface area contributed by atoms with E-state index in [0.29, 0.717) is 10.6 Å². The quantitative estimate of drug-likeness (QED) is 0.369. The number of sulfonamides is 1. The molecule has 1 N–H and O–H groups in total. The lowest BCUT2D eigenvalue weighted by atomic mass is 10.0. The summed E-state index contributed by atoms with van der Waals surface area (Å²) in [4.78, 5) is 28.4. The van der Waals surface area contributed by atoms with Crippen LogP contribution < -0.4 is 14.4 Å². The molecular weight excluding hydrogens is 549 g/mol. The first-order valence-electron chi connectivity index (χ1n) is 11.6. The van der Waals surface area contributed by atoms with E-state index < -0.39 is 34.4 Å². The van der Waals surface area contributed by atoms with Gasteiger partial charge in [-0.05, 0) is 41.5 Å². The van der Waals surface area contributed by atoms with Gasteiger partial charge in [0.1, 0.15) is 18.3 Å². The molecule has 8 nitrogen and oxygen atoms in total. The lowest BCUT2D eigenvalue weighted by Crippen LogP contribution is -2.52. The van der Waals surface area contributed by atoms with Gasteiger partial charge in [0.2, 0.25) is 21.8 Å². The van der Waals surface area contributed by atoms with Gasteiger partial charge in [-0.2, -0.15) is 0 Å². The van der Waals surface area contributed by atoms with Crippen molar-refractivity contribution in [3.63, 3.8) is 0 Å². The van der Waals surface area contributed by atoms with Crippen molar-refractivity contribution in [2.45, 2.75) is 19.0 Å². The summed E-state index contributed by atoms with van der Waals surface area (Å²) in [5.74, 6) is -0.765. The van der Waals surface area contributed by atoms with Crippen molar-refractivity contribution in [1.29, 1.82) is 0 Å². The lowest BCUT2D eigenvalue weighted by Gasteiger charge is -2.33. The Labute approximate surface area is 233 Å². The number of amides is 2. The molecule has 0 saturated carbocycles. The van der Waals surface area contributed by atoms with Gasteiger partial charge >= 0.3 is 0 Å². The van der Waals surface area contributed by atoms with E-state index in [0.717, 1.165) is 16.1 Å². The molecule has 0 bridgehead atoms. The minimum Gasteiger partial charge on any atom is -0.495 e. The van der Waals surface area contributed by atoms with Gasteiger partial charge in [0.05, 0.1) is 19.1 Å². The number of carbonyl (C=O) groups is 2. The Bertz CT molecular complexity index is 1390. The van der Waals surface area contributed by atoms with Crippen molar-refractivity contribution in [2.75, 3.05) is 31.3 Å². The fourth-order valence-electron chi connectivity index (χ4n) is 4.01. The summed E-state index contributed by atoms with van der Waals surface area (Å²) in [5, 5.41) is 3.37. The van der Waals surface area contributed by atoms with Gasteiger partial charge in [0.15, 0.2) is 0 Å². The van der Waals surface area contributed by atoms with Gasteiger partial charge in [0.25, 0.3) is 0 Å². The highest BCUT2D eigenvalue weighted by molar-refractivity contribution is 7.92. The standard InChI is InChI=1S/C27H29Cl2N3O5S/c1-30-27(34)24(15-19-8-5-4-6-9-19)31(17-20-10-7-11-21(28)14-20)26(33)18-32(38(3,35)36)23-16-22(29)12-13-25(23)37-2/h4-14,16,24H,15,17-18H2,1-3H3,(H,30,34). The van der Waals surface area contributed by atoms with Gasteiger partial charge in [-0.3, -0.25) is 13.9 Å². The molecule has 3 aromatic carbocycles. The molecule has 0 saturated heterocycles. The summed E-state index contributed by atoms with van der Waals surface area (Å²) in [5.41, 5.74) is 1.62. The van der Waals surface area contributed by atoms with E-state index >= 15 is 0 Å². The smallest absolute Gasteiger partial charge is 0.244 e. The summed E-state index contributed by atoms with van der Waals surface area (Å²) in [7, 11) is -1.08. The van der Waals surface area contributed by atoms with Crippen LogP contribution in [-0.2, 0) is 32.6 Å². The predicted octanol–water partition coefficient (Wildman–Crippen LogP) is 4.15. The normalized spacial score (nSPS) is 11.9. The zero-order chi connectivity index (χ0) is 27.9. The van der Waals surface area contributed by atoms with Gasteiger partial charge in [0, 0.05) is 30.1 Å². The minimum absolute atomic E-state index is 0.0224. The summed E-state index contributed by atoms with van der Waals surface area (Å²) in [6.07, 6.45) is 1.20. The van der Waals surface area contributed by atoms with Crippen molar-refractivity contribution in [1.82, 2.24) is 10.2 Å². The van der Waals surface area contributed by atoms with Gasteiger partial charge in [-0.15, -0.1) is 0 Å². The number of rotatable bonds is 11. The second kappa shape index (κ2) is 13.0. The van der Waals surface area contributed by atoms with Crippen LogP contribution in [0.5, 0.6) is 5.75 Å². The molecule has 2 amide bonds. The first-order valence-corrected chi connectivity index (χ1v) is 14.2. The molecule has 0 heterocycles. The zero-order valence-electron chi connectivity index (χ0n) is 21.2. The number of likely N-dealkylation sites (N-methyl/N-ethyl adjacent to an activating group) is 1. The number of hydrogen-bond acceptors (Lipinski definition) is 5. The molecule has 0 aliphatic rings. The van der Waals surface area contributed by atoms with E-state index in [1.807, 2.05) is 30.3 Å². The third-order valence-electron chi connectivity index (χ3n) is 5.85. The molecule has 0 radical (unpaired) electrons. The molecule has 0 spiro atoms. The molecule has 202 valence electrons. The van der Waals surface area contributed by atoms with E-state index in [1.165, 1.54) is 31.2 Å². The monoisotopic (exact) mass is 577 g/mol. The summed E-state index contributed by atoms with van der Waals surface area (Å²) >= 11 is 12.3. The molecular formula is C27H29Cl2N3O5S. The van der Waals surface area contributed by atoms with Crippen molar-refractivity contribution >= 4 is 50.7 Å². The van der Waals surface area contributed by atoms with Crippen molar-refractivity contribution in [3.8, 4) is 5.75 Å². The van der Waals surface area contributed by atoms with Gasteiger partial charge in [-0.1, -0.05) is 65.7 Å². The molecule has 3 rings (SSSR count).